The van der Waals surface area contributed by atoms with Crippen molar-refractivity contribution in [2.45, 2.75) is 46.1 Å². The molecule has 1 aromatic carbocycles. The van der Waals surface area contributed by atoms with Crippen LogP contribution in [0.25, 0.3) is 0 Å². The van der Waals surface area contributed by atoms with E-state index in [0.717, 1.165) is 18.5 Å². The van der Waals surface area contributed by atoms with E-state index in [-0.39, 0.29) is 12.0 Å². The molecule has 1 rings (SSSR count). The topological polar surface area (TPSA) is 38.3 Å². The van der Waals surface area contributed by atoms with Crippen molar-refractivity contribution in [1.82, 2.24) is 0 Å². The van der Waals surface area contributed by atoms with Gasteiger partial charge in [-0.05, 0) is 38.0 Å². The lowest BCUT2D eigenvalue weighted by Gasteiger charge is -2.14. The quantitative estimate of drug-likeness (QED) is 0.753. The van der Waals surface area contributed by atoms with Crippen LogP contribution in [0.3, 0.4) is 0 Å². The van der Waals surface area contributed by atoms with Crippen molar-refractivity contribution in [3.8, 4) is 0 Å². The summed E-state index contributed by atoms with van der Waals surface area (Å²) in [7, 11) is 0. The third-order valence-corrected chi connectivity index (χ3v) is 2.68. The second kappa shape index (κ2) is 7.75. The second-order valence-corrected chi connectivity index (χ2v) is 4.50. The van der Waals surface area contributed by atoms with Crippen LogP contribution in [0.15, 0.2) is 24.3 Å². The second-order valence-electron chi connectivity index (χ2n) is 4.50. The zero-order chi connectivity index (χ0) is 13.4. The summed E-state index contributed by atoms with van der Waals surface area (Å²) in [6.07, 6.45) is 2.66. The minimum atomic E-state index is -0.153. The van der Waals surface area contributed by atoms with Crippen LogP contribution in [0.1, 0.15) is 39.2 Å². The first-order valence-electron chi connectivity index (χ1n) is 6.66. The highest BCUT2D eigenvalue weighted by atomic mass is 16.5. The Morgan fingerprint density at radius 1 is 1.28 bits per heavy atom. The van der Waals surface area contributed by atoms with Gasteiger partial charge >= 0.3 is 5.97 Å². The molecule has 0 radical (unpaired) electrons. The molecule has 18 heavy (non-hydrogen) atoms. The highest BCUT2D eigenvalue weighted by molar-refractivity contribution is 5.70. The molecule has 0 aromatic heterocycles. The van der Waals surface area contributed by atoms with Gasteiger partial charge in [0.05, 0.1) is 13.0 Å². The van der Waals surface area contributed by atoms with Gasteiger partial charge in [-0.2, -0.15) is 0 Å². The van der Waals surface area contributed by atoms with Gasteiger partial charge in [0.2, 0.25) is 0 Å². The van der Waals surface area contributed by atoms with E-state index in [1.165, 1.54) is 5.56 Å². The zero-order valence-corrected chi connectivity index (χ0v) is 11.5. The molecule has 1 N–H and O–H groups in total. The molecule has 3 nitrogen and oxygen atoms in total. The Labute approximate surface area is 110 Å². The maximum atomic E-state index is 11.3. The lowest BCUT2D eigenvalue weighted by molar-refractivity contribution is -0.143. The van der Waals surface area contributed by atoms with Crippen LogP contribution in [-0.4, -0.2) is 18.6 Å². The van der Waals surface area contributed by atoms with Crippen LogP contribution >= 0.6 is 0 Å². The Balaban J connectivity index is 2.43. The van der Waals surface area contributed by atoms with E-state index in [1.54, 1.807) is 0 Å². The number of benzene rings is 1. The summed E-state index contributed by atoms with van der Waals surface area (Å²) in [5.41, 5.74) is 2.40. The Morgan fingerprint density at radius 2 is 1.94 bits per heavy atom. The van der Waals surface area contributed by atoms with E-state index in [2.05, 4.69) is 36.5 Å². The van der Waals surface area contributed by atoms with Crippen molar-refractivity contribution in [2.75, 3.05) is 11.9 Å². The number of carbonyl (C=O) groups excluding carboxylic acids is 1. The van der Waals surface area contributed by atoms with Crippen molar-refractivity contribution < 1.29 is 9.53 Å². The molecular weight excluding hydrogens is 226 g/mol. The molecule has 1 unspecified atom stereocenters. The number of esters is 1. The molecule has 0 saturated carbocycles. The fraction of sp³-hybridized carbons (Fsp3) is 0.533. The van der Waals surface area contributed by atoms with E-state index in [4.69, 9.17) is 4.74 Å². The van der Waals surface area contributed by atoms with Gasteiger partial charge in [-0.25, -0.2) is 0 Å². The number of rotatable bonds is 7. The van der Waals surface area contributed by atoms with Crippen molar-refractivity contribution in [3.05, 3.63) is 29.8 Å². The summed E-state index contributed by atoms with van der Waals surface area (Å²) < 4.78 is 4.92. The summed E-state index contributed by atoms with van der Waals surface area (Å²) in [4.78, 5) is 11.3. The van der Waals surface area contributed by atoms with Gasteiger partial charge in [0, 0.05) is 11.7 Å². The number of carbonyl (C=O) groups is 1. The van der Waals surface area contributed by atoms with Gasteiger partial charge in [-0.1, -0.05) is 25.5 Å². The molecule has 0 saturated heterocycles. The molecule has 0 amide bonds. The normalized spacial score (nSPS) is 11.9. The lowest BCUT2D eigenvalue weighted by atomic mass is 10.1. The fourth-order valence-corrected chi connectivity index (χ4v) is 1.86. The molecule has 0 fully saturated rings. The molecule has 0 bridgehead atoms. The van der Waals surface area contributed by atoms with Crippen molar-refractivity contribution in [3.63, 3.8) is 0 Å². The fourth-order valence-electron chi connectivity index (χ4n) is 1.86. The first-order valence-corrected chi connectivity index (χ1v) is 6.66. The number of nitrogens with one attached hydrogen (secondary N) is 1. The van der Waals surface area contributed by atoms with Gasteiger partial charge in [-0.3, -0.25) is 4.79 Å². The largest absolute Gasteiger partial charge is 0.466 e. The number of hydrogen-bond acceptors (Lipinski definition) is 3. The monoisotopic (exact) mass is 249 g/mol. The van der Waals surface area contributed by atoms with Gasteiger partial charge in [0.1, 0.15) is 0 Å². The number of aryl methyl sites for hydroxylation is 1. The number of hydrogen-bond donors (Lipinski definition) is 1. The smallest absolute Gasteiger partial charge is 0.307 e. The summed E-state index contributed by atoms with van der Waals surface area (Å²) in [6.45, 7) is 6.42. The molecule has 1 aromatic rings. The maximum Gasteiger partial charge on any atom is 0.307 e. The molecule has 0 aliphatic carbocycles. The van der Waals surface area contributed by atoms with Crippen LogP contribution in [0.5, 0.6) is 0 Å². The Hall–Kier alpha value is -1.51. The van der Waals surface area contributed by atoms with Gasteiger partial charge in [-0.15, -0.1) is 0 Å². The van der Waals surface area contributed by atoms with Crippen LogP contribution in [-0.2, 0) is 16.0 Å². The Bertz CT molecular complexity index is 359. The van der Waals surface area contributed by atoms with Crippen LogP contribution < -0.4 is 5.32 Å². The van der Waals surface area contributed by atoms with E-state index in [0.29, 0.717) is 13.0 Å². The maximum absolute atomic E-state index is 11.3. The van der Waals surface area contributed by atoms with Crippen molar-refractivity contribution >= 4 is 11.7 Å². The molecule has 3 heteroatoms. The van der Waals surface area contributed by atoms with Crippen LogP contribution in [0.4, 0.5) is 5.69 Å². The van der Waals surface area contributed by atoms with E-state index in [1.807, 2.05) is 13.8 Å². The number of ether oxygens (including phenoxy) is 1. The van der Waals surface area contributed by atoms with E-state index in [9.17, 15) is 4.79 Å². The van der Waals surface area contributed by atoms with Crippen molar-refractivity contribution in [2.24, 2.45) is 0 Å². The molecule has 0 heterocycles. The Kier molecular flexibility index (Phi) is 6.26. The molecule has 0 aliphatic heterocycles. The summed E-state index contributed by atoms with van der Waals surface area (Å²) in [6, 6.07) is 8.46. The first-order chi connectivity index (χ1) is 8.65. The summed E-state index contributed by atoms with van der Waals surface area (Å²) >= 11 is 0. The third-order valence-electron chi connectivity index (χ3n) is 2.68. The molecule has 0 spiro atoms. The molecular formula is C15H23NO2. The highest BCUT2D eigenvalue weighted by Crippen LogP contribution is 2.13. The molecule has 100 valence electrons. The average Bonchev–Trinajstić information content (AvgIpc) is 2.32. The first kappa shape index (κ1) is 14.6. The van der Waals surface area contributed by atoms with E-state index < -0.39 is 0 Å². The number of anilines is 1. The molecule has 1 atom stereocenters. The van der Waals surface area contributed by atoms with Crippen LogP contribution in [0, 0.1) is 0 Å². The Morgan fingerprint density at radius 3 is 2.50 bits per heavy atom. The predicted molar refractivity (Wildman–Crippen MR) is 74.8 cm³/mol. The van der Waals surface area contributed by atoms with Gasteiger partial charge < -0.3 is 10.1 Å². The highest BCUT2D eigenvalue weighted by Gasteiger charge is 2.09. The van der Waals surface area contributed by atoms with Gasteiger partial charge in [0.25, 0.3) is 0 Å². The van der Waals surface area contributed by atoms with Gasteiger partial charge in [0.15, 0.2) is 0 Å². The van der Waals surface area contributed by atoms with E-state index >= 15 is 0 Å². The minimum Gasteiger partial charge on any atom is -0.466 e. The van der Waals surface area contributed by atoms with Crippen LogP contribution in [0.2, 0.25) is 0 Å². The third kappa shape index (κ3) is 5.21. The predicted octanol–water partition coefficient (Wildman–Crippen LogP) is 3.39. The summed E-state index contributed by atoms with van der Waals surface area (Å²) in [5.74, 6) is -0.153. The summed E-state index contributed by atoms with van der Waals surface area (Å²) in [5, 5.41) is 3.30. The minimum absolute atomic E-state index is 0.0843. The average molecular weight is 249 g/mol. The standard InChI is InChI=1S/C15H23NO2/c1-4-6-13-7-9-14(10-8-13)16-12(3)11-15(17)18-5-2/h7-10,12,16H,4-6,11H2,1-3H3. The van der Waals surface area contributed by atoms with Crippen molar-refractivity contribution in [1.29, 1.82) is 0 Å². The lowest BCUT2D eigenvalue weighted by Crippen LogP contribution is -2.20. The SMILES string of the molecule is CCCc1ccc(NC(C)CC(=O)OCC)cc1. The molecule has 0 aliphatic rings. The zero-order valence-electron chi connectivity index (χ0n) is 11.5.